The number of amides is 1. The maximum Gasteiger partial charge on any atom is 0.232 e. The lowest BCUT2D eigenvalue weighted by Gasteiger charge is -2.19. The van der Waals surface area contributed by atoms with E-state index >= 15 is 0 Å². The Morgan fingerprint density at radius 1 is 1.18 bits per heavy atom. The van der Waals surface area contributed by atoms with Gasteiger partial charge in [0.1, 0.15) is 0 Å². The molecular formula is C21H23ClN4O2. The van der Waals surface area contributed by atoms with Crippen molar-refractivity contribution in [3.63, 3.8) is 0 Å². The normalized spacial score (nSPS) is 16.3. The summed E-state index contributed by atoms with van der Waals surface area (Å²) in [7, 11) is 0. The molecule has 7 heteroatoms. The maximum atomic E-state index is 12.6. The molecule has 1 unspecified atom stereocenters. The molecule has 2 aromatic carbocycles. The zero-order chi connectivity index (χ0) is 18.8. The molecule has 1 amide bonds. The number of nitrogens with zero attached hydrogens (tertiary/aromatic N) is 3. The van der Waals surface area contributed by atoms with E-state index < -0.39 is 0 Å². The number of hydrogen-bond acceptors (Lipinski definition) is 5. The molecule has 1 fully saturated rings. The first-order chi connectivity index (χ1) is 13.2. The van der Waals surface area contributed by atoms with Crippen LogP contribution in [0.4, 0.5) is 5.69 Å². The van der Waals surface area contributed by atoms with E-state index in [0.29, 0.717) is 31.2 Å². The van der Waals surface area contributed by atoms with Crippen molar-refractivity contribution in [3.05, 3.63) is 65.5 Å². The molecule has 2 heterocycles. The summed E-state index contributed by atoms with van der Waals surface area (Å²) in [5, 5.41) is 4.10. The van der Waals surface area contributed by atoms with Crippen molar-refractivity contribution < 1.29 is 9.32 Å². The number of aromatic nitrogens is 2. The highest BCUT2D eigenvalue weighted by Gasteiger charge is 2.35. The topological polar surface area (TPSA) is 85.2 Å². The van der Waals surface area contributed by atoms with Gasteiger partial charge in [-0.2, -0.15) is 4.98 Å². The van der Waals surface area contributed by atoms with Crippen LogP contribution < -0.4 is 10.6 Å². The van der Waals surface area contributed by atoms with E-state index in [1.807, 2.05) is 47.4 Å². The van der Waals surface area contributed by atoms with E-state index in [0.717, 1.165) is 28.8 Å². The van der Waals surface area contributed by atoms with Crippen molar-refractivity contribution in [1.29, 1.82) is 0 Å². The van der Waals surface area contributed by atoms with Gasteiger partial charge in [-0.1, -0.05) is 54.5 Å². The Bertz CT molecular complexity index is 955. The van der Waals surface area contributed by atoms with Gasteiger partial charge in [0.05, 0.1) is 5.92 Å². The van der Waals surface area contributed by atoms with Gasteiger partial charge in [-0.25, -0.2) is 0 Å². The summed E-state index contributed by atoms with van der Waals surface area (Å²) in [5.74, 6) is 1.05. The number of rotatable bonds is 5. The molecule has 1 saturated heterocycles. The molecule has 6 nitrogen and oxygen atoms in total. The number of carbonyl (C=O) groups is 1. The largest absolute Gasteiger partial charge is 0.339 e. The molecule has 2 N–H and O–H groups in total. The minimum Gasteiger partial charge on any atom is -0.339 e. The lowest BCUT2D eigenvalue weighted by atomic mass is 10.1. The Hall–Kier alpha value is -2.70. The van der Waals surface area contributed by atoms with Crippen LogP contribution in [-0.2, 0) is 17.8 Å². The molecule has 1 aliphatic heterocycles. The first-order valence-corrected chi connectivity index (χ1v) is 9.20. The summed E-state index contributed by atoms with van der Waals surface area (Å²) < 4.78 is 5.48. The van der Waals surface area contributed by atoms with Gasteiger partial charge >= 0.3 is 0 Å². The smallest absolute Gasteiger partial charge is 0.232 e. The molecule has 0 saturated carbocycles. The zero-order valence-electron chi connectivity index (χ0n) is 15.7. The third-order valence-corrected chi connectivity index (χ3v) is 5.03. The van der Waals surface area contributed by atoms with E-state index in [9.17, 15) is 4.79 Å². The predicted octanol–water partition coefficient (Wildman–Crippen LogP) is 3.70. The second-order valence-electron chi connectivity index (χ2n) is 6.74. The first kappa shape index (κ1) is 20.0. The summed E-state index contributed by atoms with van der Waals surface area (Å²) in [5.41, 5.74) is 9.70. The number of halogens is 1. The summed E-state index contributed by atoms with van der Waals surface area (Å²) in [6, 6.07) is 15.8. The fraction of sp³-hybridized carbons (Fsp3) is 0.286. The van der Waals surface area contributed by atoms with Gasteiger partial charge in [0, 0.05) is 30.8 Å². The number of aryl methyl sites for hydroxylation is 1. The monoisotopic (exact) mass is 398 g/mol. The second-order valence-corrected chi connectivity index (χ2v) is 6.74. The summed E-state index contributed by atoms with van der Waals surface area (Å²) >= 11 is 0. The SMILES string of the molecule is CCc1ccccc1N1CC(c2nc(-c3ccc(CN)cc3)no2)CC1=O.Cl. The van der Waals surface area contributed by atoms with Gasteiger partial charge in [0.2, 0.25) is 17.6 Å². The highest BCUT2D eigenvalue weighted by Crippen LogP contribution is 2.33. The Labute approximate surface area is 170 Å². The number of hydrogen-bond donors (Lipinski definition) is 1. The van der Waals surface area contributed by atoms with Crippen molar-refractivity contribution in [3.8, 4) is 11.4 Å². The summed E-state index contributed by atoms with van der Waals surface area (Å²) in [4.78, 5) is 19.0. The van der Waals surface area contributed by atoms with Crippen LogP contribution in [0.25, 0.3) is 11.4 Å². The third-order valence-electron chi connectivity index (χ3n) is 5.03. The molecular weight excluding hydrogens is 376 g/mol. The Morgan fingerprint density at radius 3 is 2.64 bits per heavy atom. The highest BCUT2D eigenvalue weighted by molar-refractivity contribution is 5.97. The van der Waals surface area contributed by atoms with Crippen molar-refractivity contribution in [1.82, 2.24) is 10.1 Å². The fourth-order valence-electron chi connectivity index (χ4n) is 3.49. The van der Waals surface area contributed by atoms with Gasteiger partial charge in [0.25, 0.3) is 0 Å². The molecule has 0 radical (unpaired) electrons. The third kappa shape index (κ3) is 3.79. The standard InChI is InChI=1S/C21H22N4O2.ClH/c1-2-15-5-3-4-6-18(15)25-13-17(11-19(25)26)21-23-20(24-27-21)16-9-7-14(12-22)8-10-16;/h3-10,17H,2,11-13,22H2,1H3;1H. The minimum absolute atomic E-state index is 0. The molecule has 28 heavy (non-hydrogen) atoms. The Balaban J connectivity index is 0.00000225. The van der Waals surface area contributed by atoms with Crippen LogP contribution in [-0.4, -0.2) is 22.6 Å². The van der Waals surface area contributed by atoms with E-state index in [-0.39, 0.29) is 24.2 Å². The van der Waals surface area contributed by atoms with E-state index in [1.165, 1.54) is 0 Å². The van der Waals surface area contributed by atoms with Gasteiger partial charge in [0.15, 0.2) is 0 Å². The minimum atomic E-state index is -0.0908. The van der Waals surface area contributed by atoms with Crippen LogP contribution >= 0.6 is 12.4 Å². The van der Waals surface area contributed by atoms with Gasteiger partial charge in [-0.3, -0.25) is 4.79 Å². The van der Waals surface area contributed by atoms with Crippen LogP contribution in [0, 0.1) is 0 Å². The van der Waals surface area contributed by atoms with E-state index in [1.54, 1.807) is 0 Å². The number of anilines is 1. The maximum absolute atomic E-state index is 12.6. The molecule has 1 aromatic heterocycles. The second kappa shape index (κ2) is 8.54. The van der Waals surface area contributed by atoms with Crippen molar-refractivity contribution >= 4 is 24.0 Å². The molecule has 0 spiro atoms. The fourth-order valence-corrected chi connectivity index (χ4v) is 3.49. The van der Waals surface area contributed by atoms with E-state index in [2.05, 4.69) is 23.1 Å². The lowest BCUT2D eigenvalue weighted by Crippen LogP contribution is -2.25. The van der Waals surface area contributed by atoms with Gasteiger partial charge in [-0.15, -0.1) is 12.4 Å². The van der Waals surface area contributed by atoms with Crippen LogP contribution in [0.1, 0.15) is 36.3 Å². The highest BCUT2D eigenvalue weighted by atomic mass is 35.5. The summed E-state index contributed by atoms with van der Waals surface area (Å²) in [6.07, 6.45) is 1.26. The molecule has 1 aliphatic rings. The van der Waals surface area contributed by atoms with Crippen molar-refractivity contribution in [2.75, 3.05) is 11.4 Å². The van der Waals surface area contributed by atoms with Crippen LogP contribution in [0.5, 0.6) is 0 Å². The van der Waals surface area contributed by atoms with Crippen LogP contribution in [0.3, 0.4) is 0 Å². The van der Waals surface area contributed by atoms with Gasteiger partial charge < -0.3 is 15.2 Å². The quantitative estimate of drug-likeness (QED) is 0.708. The molecule has 0 aliphatic carbocycles. The molecule has 4 rings (SSSR count). The lowest BCUT2D eigenvalue weighted by molar-refractivity contribution is -0.117. The molecule has 3 aromatic rings. The number of benzene rings is 2. The van der Waals surface area contributed by atoms with Crippen molar-refractivity contribution in [2.45, 2.75) is 32.2 Å². The Morgan fingerprint density at radius 2 is 1.93 bits per heavy atom. The summed E-state index contributed by atoms with van der Waals surface area (Å²) in [6.45, 7) is 3.15. The number of nitrogens with two attached hydrogens (primary N) is 1. The van der Waals surface area contributed by atoms with Crippen molar-refractivity contribution in [2.24, 2.45) is 5.73 Å². The first-order valence-electron chi connectivity index (χ1n) is 9.20. The molecule has 1 atom stereocenters. The number of para-hydroxylation sites is 1. The average Bonchev–Trinajstić information content (AvgIpc) is 3.35. The Kier molecular flexibility index (Phi) is 6.11. The van der Waals surface area contributed by atoms with Crippen LogP contribution in [0.15, 0.2) is 53.1 Å². The molecule has 0 bridgehead atoms. The molecule has 146 valence electrons. The zero-order valence-corrected chi connectivity index (χ0v) is 16.5. The van der Waals surface area contributed by atoms with E-state index in [4.69, 9.17) is 10.3 Å². The predicted molar refractivity (Wildman–Crippen MR) is 110 cm³/mol. The van der Waals surface area contributed by atoms with Crippen LogP contribution in [0.2, 0.25) is 0 Å². The number of carbonyl (C=O) groups excluding carboxylic acids is 1. The van der Waals surface area contributed by atoms with Gasteiger partial charge in [-0.05, 0) is 23.6 Å². The average molecular weight is 399 g/mol.